The summed E-state index contributed by atoms with van der Waals surface area (Å²) < 4.78 is 1.51. The number of halogens is 2. The van der Waals surface area contributed by atoms with E-state index in [1.165, 1.54) is 54.6 Å². The Morgan fingerprint density at radius 3 is 2.29 bits per heavy atom. The van der Waals surface area contributed by atoms with Gasteiger partial charge in [-0.05, 0) is 25.7 Å². The van der Waals surface area contributed by atoms with Crippen LogP contribution in [0.25, 0.3) is 0 Å². The van der Waals surface area contributed by atoms with Crippen LogP contribution in [0.5, 0.6) is 0 Å². The first-order valence-electron chi connectivity index (χ1n) is 8.68. The van der Waals surface area contributed by atoms with E-state index in [0.29, 0.717) is 0 Å². The molecule has 132 valence electrons. The molecule has 0 atom stereocenters. The Morgan fingerprint density at radius 1 is 1.04 bits per heavy atom. The van der Waals surface area contributed by atoms with Gasteiger partial charge in [0.25, 0.3) is 0 Å². The van der Waals surface area contributed by atoms with Crippen LogP contribution >= 0.6 is 0 Å². The van der Waals surface area contributed by atoms with Crippen LogP contribution < -0.4 is 24.8 Å². The zero-order valence-electron chi connectivity index (χ0n) is 14.9. The molecule has 0 radical (unpaired) electrons. The van der Waals surface area contributed by atoms with Crippen molar-refractivity contribution in [1.82, 2.24) is 0 Å². The molecule has 0 aromatic heterocycles. The van der Waals surface area contributed by atoms with Gasteiger partial charge >= 0.3 is 41.3 Å². The fourth-order valence-corrected chi connectivity index (χ4v) is 3.46. The smallest absolute Gasteiger partial charge is 0.0327 e. The predicted octanol–water partition coefficient (Wildman–Crippen LogP) is 0.00458. The van der Waals surface area contributed by atoms with Crippen molar-refractivity contribution < 1.29 is 49.0 Å². The molecule has 4 aliphatic carbocycles. The molecule has 0 bridgehead atoms. The van der Waals surface area contributed by atoms with Gasteiger partial charge in [0.1, 0.15) is 0 Å². The van der Waals surface area contributed by atoms with E-state index in [-0.39, 0.29) is 24.8 Å². The van der Waals surface area contributed by atoms with Gasteiger partial charge in [-0.1, -0.05) is 24.8 Å². The molecule has 0 saturated carbocycles. The molecular weight excluding hydrogens is 414 g/mol. The first kappa shape index (κ1) is 24.2. The molecule has 4 aliphatic rings. The Balaban J connectivity index is 0.000000409. The molecule has 0 heterocycles. The van der Waals surface area contributed by atoms with Crippen molar-refractivity contribution in [3.05, 3.63) is 53.0 Å². The molecule has 0 amide bonds. The third-order valence-corrected chi connectivity index (χ3v) is 4.35. The molecule has 0 aliphatic heterocycles. The van der Waals surface area contributed by atoms with E-state index in [4.69, 9.17) is 0 Å². The predicted molar refractivity (Wildman–Crippen MR) is 93.2 cm³/mol. The largest absolute Gasteiger partial charge is 1.00 e. The normalized spacial score (nSPS) is 19.5. The number of allylic oxidation sites excluding steroid dienone is 8. The molecule has 3 heteroatoms. The Hall–Kier alpha value is 0.163. The minimum absolute atomic E-state index is 0. The Labute approximate surface area is 176 Å². The van der Waals surface area contributed by atoms with E-state index in [0.717, 1.165) is 6.42 Å². The van der Waals surface area contributed by atoms with Crippen molar-refractivity contribution in [2.24, 2.45) is 0 Å². The third kappa shape index (κ3) is 8.03. The monoisotopic (exact) mass is 440 g/mol. The number of hydrogen-bond acceptors (Lipinski definition) is 0. The van der Waals surface area contributed by atoms with Crippen LogP contribution in [0.4, 0.5) is 0 Å². The van der Waals surface area contributed by atoms with Crippen molar-refractivity contribution in [3.63, 3.8) is 0 Å². The summed E-state index contributed by atoms with van der Waals surface area (Å²) in [6.45, 7) is 4.25. The van der Waals surface area contributed by atoms with Crippen LogP contribution in [0.3, 0.4) is 0 Å². The van der Waals surface area contributed by atoms with Crippen molar-refractivity contribution in [2.45, 2.75) is 71.6 Å². The van der Waals surface area contributed by atoms with Gasteiger partial charge in [0.2, 0.25) is 0 Å². The second-order valence-electron chi connectivity index (χ2n) is 6.57. The molecule has 24 heavy (non-hydrogen) atoms. The van der Waals surface area contributed by atoms with Gasteiger partial charge in [-0.25, -0.2) is 24.1 Å². The van der Waals surface area contributed by atoms with E-state index in [1.807, 2.05) is 12.2 Å². The Kier molecular flexibility index (Phi) is 13.5. The summed E-state index contributed by atoms with van der Waals surface area (Å²) in [6, 6.07) is 0. The second-order valence-corrected chi connectivity index (χ2v) is 9.03. The van der Waals surface area contributed by atoms with Gasteiger partial charge in [-0.2, -0.15) is 11.6 Å². The van der Waals surface area contributed by atoms with E-state index in [2.05, 4.69) is 32.4 Å². The van der Waals surface area contributed by atoms with E-state index in [9.17, 15) is 0 Å². The molecule has 0 aromatic rings. The average molecular weight is 443 g/mol. The molecule has 4 rings (SSSR count). The molecule has 0 nitrogen and oxygen atoms in total. The zero-order chi connectivity index (χ0) is 15.8. The summed E-state index contributed by atoms with van der Waals surface area (Å²) in [5, 5.41) is 0. The van der Waals surface area contributed by atoms with Crippen molar-refractivity contribution in [2.75, 3.05) is 0 Å². The zero-order valence-corrected chi connectivity index (χ0v) is 18.9. The summed E-state index contributed by atoms with van der Waals surface area (Å²) in [4.78, 5) is 0. The number of rotatable bonds is 0. The fourth-order valence-electron chi connectivity index (χ4n) is 3.46. The van der Waals surface area contributed by atoms with Crippen LogP contribution in [0.15, 0.2) is 40.5 Å². The summed E-state index contributed by atoms with van der Waals surface area (Å²) in [6.07, 6.45) is 23.6. The van der Waals surface area contributed by atoms with Crippen LogP contribution in [0, 0.1) is 12.5 Å². The molecule has 0 spiro atoms. The van der Waals surface area contributed by atoms with Crippen molar-refractivity contribution in [3.8, 4) is 0 Å². The summed E-state index contributed by atoms with van der Waals surface area (Å²) >= 11 is 1.55. The van der Waals surface area contributed by atoms with Gasteiger partial charge < -0.3 is 24.8 Å². The Morgan fingerprint density at radius 2 is 1.71 bits per heavy atom. The van der Waals surface area contributed by atoms with Crippen molar-refractivity contribution >= 4 is 3.21 Å². The first-order chi connectivity index (χ1) is 10.7. The minimum atomic E-state index is 0. The van der Waals surface area contributed by atoms with Crippen LogP contribution in [-0.2, 0) is 24.2 Å². The van der Waals surface area contributed by atoms with Gasteiger partial charge in [-0.3, -0.25) is 6.08 Å². The van der Waals surface area contributed by atoms with Crippen LogP contribution in [-0.4, -0.2) is 3.21 Å². The third-order valence-electron chi connectivity index (χ3n) is 4.35. The average Bonchev–Trinajstić information content (AvgIpc) is 3.18. The van der Waals surface area contributed by atoms with Gasteiger partial charge in [-0.15, -0.1) is 18.4 Å². The van der Waals surface area contributed by atoms with Gasteiger partial charge in [0.15, 0.2) is 0 Å². The Bertz CT molecular complexity index is 480. The van der Waals surface area contributed by atoms with Crippen LogP contribution in [0.1, 0.15) is 71.6 Å². The van der Waals surface area contributed by atoms with Gasteiger partial charge in [0, 0.05) is 0 Å². The summed E-state index contributed by atoms with van der Waals surface area (Å²) in [7, 11) is 0. The standard InChI is InChI=1S/C13H17.C5H5.C3H6.2ClH.Zr/c1-3-7-12-10(5-1)9-11-6-2-4-8-13(11)12;1-2-4-5-3-1;1-3-2;;;/h5H,1-4,6-9H2;1-3H,4H2;1-2H3;2*1H;/q2*-1;;;;+2/p-2. The van der Waals surface area contributed by atoms with E-state index in [1.54, 1.807) is 46.5 Å². The summed E-state index contributed by atoms with van der Waals surface area (Å²) in [5.74, 6) is 0. The maximum atomic E-state index is 2.99. The second kappa shape index (κ2) is 13.4. The molecule has 0 N–H and O–H groups in total. The maximum absolute atomic E-state index is 2.99. The molecular formula is C21H28Cl2Zr-2. The first-order valence-corrected chi connectivity index (χ1v) is 9.91. The maximum Gasteiger partial charge on any atom is -0.0327 e. The number of fused-ring (bicyclic) bond motifs is 1. The SMILES string of the molecule is C[C](C)=[Zr+2].[C-]1=CC=CC1.[CH-]1CCCC2=C1CC1=C2CCCC1.[Cl-].[Cl-]. The fraction of sp³-hybridized carbons (Fsp3) is 0.524. The summed E-state index contributed by atoms with van der Waals surface area (Å²) in [5.41, 5.74) is 7.06. The van der Waals surface area contributed by atoms with Crippen LogP contribution in [0.2, 0.25) is 0 Å². The minimum Gasteiger partial charge on any atom is -1.00 e. The van der Waals surface area contributed by atoms with Gasteiger partial charge in [0.05, 0.1) is 0 Å². The van der Waals surface area contributed by atoms with E-state index < -0.39 is 0 Å². The van der Waals surface area contributed by atoms with E-state index >= 15 is 0 Å². The topological polar surface area (TPSA) is 0 Å². The molecule has 0 unspecified atom stereocenters. The quantitative estimate of drug-likeness (QED) is 0.464. The molecule has 0 aromatic carbocycles. The van der Waals surface area contributed by atoms with Crippen molar-refractivity contribution in [1.29, 1.82) is 0 Å². The number of hydrogen-bond donors (Lipinski definition) is 0. The molecule has 0 saturated heterocycles. The molecule has 0 fully saturated rings.